The lowest BCUT2D eigenvalue weighted by Crippen LogP contribution is -2.32. The van der Waals surface area contributed by atoms with E-state index in [1.54, 1.807) is 13.0 Å². The van der Waals surface area contributed by atoms with Gasteiger partial charge in [-0.15, -0.1) is 0 Å². The summed E-state index contributed by atoms with van der Waals surface area (Å²) >= 11 is 0. The number of hydrogen-bond donors (Lipinski definition) is 2. The smallest absolute Gasteiger partial charge is 0.264 e. The molecule has 3 aromatic rings. The molecular formula is C22H27N5O2. The van der Waals surface area contributed by atoms with Crippen LogP contribution in [0.1, 0.15) is 60.4 Å². The Bertz CT molecular complexity index is 1010. The topological polar surface area (TPSA) is 92.7 Å². The molecule has 29 heavy (non-hydrogen) atoms. The maximum Gasteiger partial charge on any atom is 0.264 e. The van der Waals surface area contributed by atoms with Crippen molar-refractivity contribution < 1.29 is 4.79 Å². The van der Waals surface area contributed by atoms with Gasteiger partial charge in [0, 0.05) is 6.07 Å². The molecule has 0 aliphatic heterocycles. The first-order chi connectivity index (χ1) is 13.9. The molecule has 7 heteroatoms. The summed E-state index contributed by atoms with van der Waals surface area (Å²) in [6.07, 6.45) is 3.69. The third-order valence-electron chi connectivity index (χ3n) is 4.97. The standard InChI is InChI=1S/C22H27N5O2/c1-5-6-16-7-9-17(10-8-16)21(14(2)3)24-22(29)18-13-23-27(15(18)4)19-11-12-20(28)26-25-19/h7-14,21H,5-6H2,1-4H3,(H,24,29)(H,26,28)/t21-/m1/s1. The van der Waals surface area contributed by atoms with Gasteiger partial charge >= 0.3 is 0 Å². The minimum absolute atomic E-state index is 0.105. The Morgan fingerprint density at radius 3 is 2.48 bits per heavy atom. The van der Waals surface area contributed by atoms with Crippen LogP contribution >= 0.6 is 0 Å². The third kappa shape index (κ3) is 4.62. The van der Waals surface area contributed by atoms with Crippen molar-refractivity contribution in [3.8, 4) is 5.82 Å². The normalized spacial score (nSPS) is 12.2. The van der Waals surface area contributed by atoms with Crippen LogP contribution in [0.5, 0.6) is 0 Å². The molecule has 2 aromatic heterocycles. The summed E-state index contributed by atoms with van der Waals surface area (Å²) in [5.74, 6) is 0.495. The van der Waals surface area contributed by atoms with Crippen LogP contribution in [-0.2, 0) is 6.42 Å². The number of H-pyrrole nitrogens is 1. The fourth-order valence-corrected chi connectivity index (χ4v) is 3.35. The monoisotopic (exact) mass is 393 g/mol. The summed E-state index contributed by atoms with van der Waals surface area (Å²) in [5, 5.41) is 13.8. The Morgan fingerprint density at radius 2 is 1.90 bits per heavy atom. The van der Waals surface area contributed by atoms with Crippen LogP contribution in [0.15, 0.2) is 47.4 Å². The maximum atomic E-state index is 13.0. The number of nitrogens with one attached hydrogen (secondary N) is 2. The van der Waals surface area contributed by atoms with Crippen molar-refractivity contribution >= 4 is 5.91 Å². The fraction of sp³-hybridized carbons (Fsp3) is 0.364. The Balaban J connectivity index is 1.82. The average Bonchev–Trinajstić information content (AvgIpc) is 3.09. The van der Waals surface area contributed by atoms with Crippen LogP contribution in [0, 0.1) is 12.8 Å². The molecule has 0 unspecified atom stereocenters. The van der Waals surface area contributed by atoms with E-state index in [1.807, 2.05) is 0 Å². The predicted octanol–water partition coefficient (Wildman–Crippen LogP) is 3.34. The van der Waals surface area contributed by atoms with Crippen LogP contribution in [0.25, 0.3) is 5.82 Å². The van der Waals surface area contributed by atoms with Crippen molar-refractivity contribution in [3.63, 3.8) is 0 Å². The number of aromatic nitrogens is 4. The molecule has 2 N–H and O–H groups in total. The number of benzene rings is 1. The quantitative estimate of drug-likeness (QED) is 0.644. The van der Waals surface area contributed by atoms with Crippen molar-refractivity contribution in [2.24, 2.45) is 5.92 Å². The van der Waals surface area contributed by atoms with E-state index in [4.69, 9.17) is 0 Å². The van der Waals surface area contributed by atoms with Gasteiger partial charge in [0.15, 0.2) is 5.82 Å². The molecule has 0 saturated carbocycles. The second-order valence-electron chi connectivity index (χ2n) is 7.52. The second kappa shape index (κ2) is 8.86. The first-order valence-electron chi connectivity index (χ1n) is 9.91. The summed E-state index contributed by atoms with van der Waals surface area (Å²) in [5.41, 5.74) is 3.23. The number of amides is 1. The predicted molar refractivity (Wildman–Crippen MR) is 112 cm³/mol. The Kier molecular flexibility index (Phi) is 6.26. The SMILES string of the molecule is CCCc1ccc([C@H](NC(=O)c2cnn(-c3ccc(=O)[nH]n3)c2C)C(C)C)cc1. The largest absolute Gasteiger partial charge is 0.345 e. The van der Waals surface area contributed by atoms with Crippen LogP contribution < -0.4 is 10.9 Å². The molecule has 2 heterocycles. The number of nitrogens with zero attached hydrogens (tertiary/aromatic N) is 3. The van der Waals surface area contributed by atoms with E-state index < -0.39 is 0 Å². The van der Waals surface area contributed by atoms with Crippen LogP contribution in [0.2, 0.25) is 0 Å². The van der Waals surface area contributed by atoms with Crippen molar-refractivity contribution in [1.82, 2.24) is 25.3 Å². The van der Waals surface area contributed by atoms with Gasteiger partial charge in [0.25, 0.3) is 11.5 Å². The van der Waals surface area contributed by atoms with E-state index in [-0.39, 0.29) is 23.4 Å². The zero-order valence-electron chi connectivity index (χ0n) is 17.3. The van der Waals surface area contributed by atoms with E-state index in [2.05, 4.69) is 65.6 Å². The molecule has 0 fully saturated rings. The molecule has 3 rings (SSSR count). The van der Waals surface area contributed by atoms with E-state index in [1.165, 1.54) is 22.5 Å². The molecule has 1 aromatic carbocycles. The van der Waals surface area contributed by atoms with Crippen LogP contribution in [-0.4, -0.2) is 25.9 Å². The maximum absolute atomic E-state index is 13.0. The summed E-state index contributed by atoms with van der Waals surface area (Å²) < 4.78 is 1.54. The van der Waals surface area contributed by atoms with Crippen molar-refractivity contribution in [2.75, 3.05) is 0 Å². The number of carbonyl (C=O) groups is 1. The first-order valence-corrected chi connectivity index (χ1v) is 9.91. The van der Waals surface area contributed by atoms with Crippen LogP contribution in [0.4, 0.5) is 0 Å². The Morgan fingerprint density at radius 1 is 1.17 bits per heavy atom. The summed E-state index contributed by atoms with van der Waals surface area (Å²) in [6, 6.07) is 11.3. The van der Waals surface area contributed by atoms with Gasteiger partial charge < -0.3 is 5.32 Å². The van der Waals surface area contributed by atoms with E-state index in [0.717, 1.165) is 18.4 Å². The molecule has 0 aliphatic rings. The second-order valence-corrected chi connectivity index (χ2v) is 7.52. The molecule has 0 bridgehead atoms. The summed E-state index contributed by atoms with van der Waals surface area (Å²) in [4.78, 5) is 24.2. The van der Waals surface area contributed by atoms with Gasteiger partial charge in [-0.25, -0.2) is 9.78 Å². The highest BCUT2D eigenvalue weighted by Gasteiger charge is 2.22. The van der Waals surface area contributed by atoms with Gasteiger partial charge in [-0.1, -0.05) is 51.5 Å². The molecule has 0 radical (unpaired) electrons. The average molecular weight is 393 g/mol. The van der Waals surface area contributed by atoms with E-state index >= 15 is 0 Å². The lowest BCUT2D eigenvalue weighted by atomic mass is 9.94. The van der Waals surface area contributed by atoms with E-state index in [0.29, 0.717) is 17.1 Å². The lowest BCUT2D eigenvalue weighted by molar-refractivity contribution is 0.0925. The van der Waals surface area contributed by atoms with Crippen LogP contribution in [0.3, 0.4) is 0 Å². The third-order valence-corrected chi connectivity index (χ3v) is 4.97. The number of carbonyl (C=O) groups excluding carboxylic acids is 1. The zero-order chi connectivity index (χ0) is 21.0. The van der Waals surface area contributed by atoms with Crippen molar-refractivity contribution in [2.45, 2.75) is 46.6 Å². The van der Waals surface area contributed by atoms with Gasteiger partial charge in [-0.05, 0) is 36.5 Å². The minimum Gasteiger partial charge on any atom is -0.345 e. The zero-order valence-corrected chi connectivity index (χ0v) is 17.3. The van der Waals surface area contributed by atoms with Gasteiger partial charge in [0.1, 0.15) is 0 Å². The molecule has 1 atom stereocenters. The number of hydrogen-bond acceptors (Lipinski definition) is 4. The highest BCUT2D eigenvalue weighted by Crippen LogP contribution is 2.23. The van der Waals surface area contributed by atoms with Gasteiger partial charge in [0.2, 0.25) is 0 Å². The molecule has 0 aliphatic carbocycles. The minimum atomic E-state index is -0.291. The molecule has 1 amide bonds. The molecular weight excluding hydrogens is 366 g/mol. The molecule has 0 spiro atoms. The molecule has 152 valence electrons. The van der Waals surface area contributed by atoms with E-state index in [9.17, 15) is 9.59 Å². The van der Waals surface area contributed by atoms with Crippen molar-refractivity contribution in [3.05, 3.63) is 75.3 Å². The highest BCUT2D eigenvalue weighted by atomic mass is 16.1. The fourth-order valence-electron chi connectivity index (χ4n) is 3.35. The number of rotatable bonds is 7. The molecule has 7 nitrogen and oxygen atoms in total. The summed E-state index contributed by atoms with van der Waals surface area (Å²) in [6.45, 7) is 8.14. The highest BCUT2D eigenvalue weighted by molar-refractivity contribution is 5.95. The van der Waals surface area contributed by atoms with Gasteiger partial charge in [0.05, 0.1) is 23.5 Å². The Labute approximate surface area is 170 Å². The van der Waals surface area contributed by atoms with Crippen molar-refractivity contribution in [1.29, 1.82) is 0 Å². The van der Waals surface area contributed by atoms with Gasteiger partial charge in [-0.2, -0.15) is 10.2 Å². The first kappa shape index (κ1) is 20.5. The van der Waals surface area contributed by atoms with Gasteiger partial charge in [-0.3, -0.25) is 9.59 Å². The number of aromatic amines is 1. The molecule has 0 saturated heterocycles. The lowest BCUT2D eigenvalue weighted by Gasteiger charge is -2.23. The number of aryl methyl sites for hydroxylation is 1. The Hall–Kier alpha value is -3.22. The summed E-state index contributed by atoms with van der Waals surface area (Å²) in [7, 11) is 0.